The third-order valence-electron chi connectivity index (χ3n) is 15.9. The minimum Gasteiger partial charge on any atom is -0.462 e. The maximum atomic E-state index is 13.0. The lowest BCUT2D eigenvalue weighted by Crippen LogP contribution is -2.30. The van der Waals surface area contributed by atoms with Gasteiger partial charge in [-0.15, -0.1) is 0 Å². The third-order valence-corrected chi connectivity index (χ3v) is 17.8. The molecule has 0 saturated heterocycles. The zero-order valence-corrected chi connectivity index (χ0v) is 57.8. The summed E-state index contributed by atoms with van der Waals surface area (Å²) in [4.78, 5) is 72.4. The van der Waals surface area contributed by atoms with E-state index in [9.17, 15) is 43.2 Å². The smallest absolute Gasteiger partial charge is 0.462 e. The average molecular weight is 1280 g/mol. The van der Waals surface area contributed by atoms with Crippen LogP contribution in [0.2, 0.25) is 0 Å². The van der Waals surface area contributed by atoms with Crippen molar-refractivity contribution >= 4 is 39.5 Å². The van der Waals surface area contributed by atoms with Crippen LogP contribution in [-0.2, 0) is 65.4 Å². The fourth-order valence-electron chi connectivity index (χ4n) is 10.3. The SMILES string of the molecule is CCCCCCCCCCCCCCCCCCC(=O)O[C@H](COC(=O)CCCCCCCCCCCCC)COP(=O)(O)OC[C@@H](O)COP(=O)(O)OC[C@@H](COC(=O)CCCCCCCCCCCC)OC(=O)CCCCCCCCCCCC. The number of hydrogen-bond acceptors (Lipinski definition) is 15. The van der Waals surface area contributed by atoms with Crippen LogP contribution < -0.4 is 0 Å². The summed E-state index contributed by atoms with van der Waals surface area (Å²) >= 11 is 0. The van der Waals surface area contributed by atoms with Crippen molar-refractivity contribution < 1.29 is 80.2 Å². The molecule has 0 aromatic heterocycles. The molecule has 2 unspecified atom stereocenters. The minimum absolute atomic E-state index is 0.107. The van der Waals surface area contributed by atoms with Gasteiger partial charge in [-0.05, 0) is 25.7 Å². The Morgan fingerprint density at radius 3 is 0.678 bits per heavy atom. The molecular weight excluding hydrogens is 1150 g/mol. The van der Waals surface area contributed by atoms with Gasteiger partial charge in [0.2, 0.25) is 0 Å². The standard InChI is InChI=1S/C68H132O17P2/c1-5-9-13-17-21-25-29-30-31-32-33-35-39-43-47-51-55-68(73)85-64(59-79-66(71)53-49-45-41-38-34-26-22-18-14-10-6-2)61-83-87(76,77)81-57-62(69)56-80-86(74,75)82-60-63(84-67(72)54-50-46-42-37-28-24-20-16-12-8-4)58-78-65(70)52-48-44-40-36-27-23-19-15-11-7-3/h62-64,69H,5-61H2,1-4H3,(H,74,75)(H,76,77)/t62-,63+,64+/m0/s1. The van der Waals surface area contributed by atoms with E-state index in [1.807, 2.05) is 0 Å². The van der Waals surface area contributed by atoms with Gasteiger partial charge in [-0.2, -0.15) is 0 Å². The summed E-state index contributed by atoms with van der Waals surface area (Å²) in [5.74, 6) is -2.12. The lowest BCUT2D eigenvalue weighted by atomic mass is 10.0. The zero-order chi connectivity index (χ0) is 64.0. The van der Waals surface area contributed by atoms with Crippen molar-refractivity contribution in [3.8, 4) is 0 Å². The van der Waals surface area contributed by atoms with E-state index in [0.29, 0.717) is 25.7 Å². The number of phosphoric acid groups is 2. The molecule has 3 N–H and O–H groups in total. The van der Waals surface area contributed by atoms with Gasteiger partial charge in [0, 0.05) is 25.7 Å². The summed E-state index contributed by atoms with van der Waals surface area (Å²) in [6.07, 6.45) is 49.8. The highest BCUT2D eigenvalue weighted by atomic mass is 31.2. The van der Waals surface area contributed by atoms with Crippen LogP contribution in [0.25, 0.3) is 0 Å². The number of ether oxygens (including phenoxy) is 4. The van der Waals surface area contributed by atoms with Crippen molar-refractivity contribution in [1.82, 2.24) is 0 Å². The number of aliphatic hydroxyl groups is 1. The van der Waals surface area contributed by atoms with Crippen molar-refractivity contribution in [2.45, 2.75) is 373 Å². The summed E-state index contributed by atoms with van der Waals surface area (Å²) < 4.78 is 68.2. The van der Waals surface area contributed by atoms with Crippen molar-refractivity contribution in [3.63, 3.8) is 0 Å². The van der Waals surface area contributed by atoms with Gasteiger partial charge in [-0.3, -0.25) is 37.3 Å². The molecule has 19 heteroatoms. The van der Waals surface area contributed by atoms with Crippen LogP contribution in [0.1, 0.15) is 355 Å². The molecule has 0 aromatic rings. The van der Waals surface area contributed by atoms with Gasteiger partial charge in [0.25, 0.3) is 0 Å². The molecule has 0 spiro atoms. The lowest BCUT2D eigenvalue weighted by molar-refractivity contribution is -0.161. The topological polar surface area (TPSA) is 237 Å². The molecule has 0 aromatic carbocycles. The molecule has 0 fully saturated rings. The van der Waals surface area contributed by atoms with E-state index in [0.717, 1.165) is 89.9 Å². The number of carbonyl (C=O) groups excluding carboxylic acids is 4. The minimum atomic E-state index is -4.95. The monoisotopic (exact) mass is 1280 g/mol. The first-order valence-corrected chi connectivity index (χ1v) is 38.8. The first kappa shape index (κ1) is 85.1. The first-order chi connectivity index (χ1) is 42.2. The number of unbranched alkanes of at least 4 members (excludes halogenated alkanes) is 43. The normalized spacial score (nSPS) is 14.1. The Hall–Kier alpha value is -1.94. The number of hydrogen-bond donors (Lipinski definition) is 3. The van der Waals surface area contributed by atoms with Crippen LogP contribution in [0.3, 0.4) is 0 Å². The molecule has 0 saturated carbocycles. The Kier molecular flexibility index (Phi) is 61.4. The highest BCUT2D eigenvalue weighted by Gasteiger charge is 2.30. The quantitative estimate of drug-likeness (QED) is 0.0222. The fraction of sp³-hybridized carbons (Fsp3) is 0.941. The van der Waals surface area contributed by atoms with E-state index >= 15 is 0 Å². The molecule has 0 aliphatic rings. The fourth-order valence-corrected chi connectivity index (χ4v) is 11.9. The lowest BCUT2D eigenvalue weighted by Gasteiger charge is -2.21. The van der Waals surface area contributed by atoms with E-state index in [1.54, 1.807) is 0 Å². The van der Waals surface area contributed by atoms with Crippen molar-refractivity contribution in [2.24, 2.45) is 0 Å². The third kappa shape index (κ3) is 62.6. The molecule has 0 heterocycles. The molecule has 0 bridgehead atoms. The van der Waals surface area contributed by atoms with E-state index in [2.05, 4.69) is 27.7 Å². The van der Waals surface area contributed by atoms with Crippen LogP contribution in [0.5, 0.6) is 0 Å². The molecular formula is C68H132O17P2. The maximum Gasteiger partial charge on any atom is 0.472 e. The molecule has 0 aliphatic carbocycles. The van der Waals surface area contributed by atoms with Crippen molar-refractivity contribution in [1.29, 1.82) is 0 Å². The molecule has 87 heavy (non-hydrogen) atoms. The number of rotatable bonds is 69. The second-order valence-corrected chi connectivity index (χ2v) is 27.5. The predicted octanol–water partition coefficient (Wildman–Crippen LogP) is 19.5. The molecule has 0 rings (SSSR count). The van der Waals surface area contributed by atoms with Gasteiger partial charge in [-0.1, -0.05) is 304 Å². The summed E-state index contributed by atoms with van der Waals surface area (Å²) in [6, 6.07) is 0. The zero-order valence-electron chi connectivity index (χ0n) is 56.0. The van der Waals surface area contributed by atoms with E-state index in [-0.39, 0.29) is 25.7 Å². The Bertz CT molecular complexity index is 1670. The van der Waals surface area contributed by atoms with Crippen molar-refractivity contribution in [3.05, 3.63) is 0 Å². The van der Waals surface area contributed by atoms with Crippen LogP contribution >= 0.6 is 15.6 Å². The van der Waals surface area contributed by atoms with E-state index < -0.39 is 97.5 Å². The summed E-state index contributed by atoms with van der Waals surface area (Å²) in [5, 5.41) is 10.6. The summed E-state index contributed by atoms with van der Waals surface area (Å²) in [6.45, 7) is 4.91. The van der Waals surface area contributed by atoms with E-state index in [1.165, 1.54) is 186 Å². The van der Waals surface area contributed by atoms with Gasteiger partial charge in [0.15, 0.2) is 12.2 Å². The largest absolute Gasteiger partial charge is 0.472 e. The Balaban J connectivity index is 5.22. The van der Waals surface area contributed by atoms with E-state index in [4.69, 9.17) is 37.0 Å². The molecule has 0 radical (unpaired) electrons. The molecule has 0 amide bonds. The Labute approximate surface area is 530 Å². The summed E-state index contributed by atoms with van der Waals surface area (Å²) in [5.41, 5.74) is 0. The summed E-state index contributed by atoms with van der Waals surface area (Å²) in [7, 11) is -9.89. The molecule has 516 valence electrons. The first-order valence-electron chi connectivity index (χ1n) is 35.8. The van der Waals surface area contributed by atoms with Crippen molar-refractivity contribution in [2.75, 3.05) is 39.6 Å². The highest BCUT2D eigenvalue weighted by molar-refractivity contribution is 7.47. The number of phosphoric ester groups is 2. The van der Waals surface area contributed by atoms with Crippen LogP contribution in [0.15, 0.2) is 0 Å². The van der Waals surface area contributed by atoms with Gasteiger partial charge in [0.05, 0.1) is 26.4 Å². The van der Waals surface area contributed by atoms with Gasteiger partial charge >= 0.3 is 39.5 Å². The predicted molar refractivity (Wildman–Crippen MR) is 349 cm³/mol. The van der Waals surface area contributed by atoms with Gasteiger partial charge in [-0.25, -0.2) is 9.13 Å². The van der Waals surface area contributed by atoms with Crippen LogP contribution in [0.4, 0.5) is 0 Å². The Morgan fingerprint density at radius 1 is 0.276 bits per heavy atom. The molecule has 0 aliphatic heterocycles. The average Bonchev–Trinajstić information content (AvgIpc) is 3.56. The highest BCUT2D eigenvalue weighted by Crippen LogP contribution is 2.45. The maximum absolute atomic E-state index is 13.0. The van der Waals surface area contributed by atoms with Gasteiger partial charge < -0.3 is 33.8 Å². The number of carbonyl (C=O) groups is 4. The van der Waals surface area contributed by atoms with Crippen LogP contribution in [0, 0.1) is 0 Å². The van der Waals surface area contributed by atoms with Crippen LogP contribution in [-0.4, -0.2) is 96.7 Å². The number of aliphatic hydroxyl groups excluding tert-OH is 1. The second-order valence-electron chi connectivity index (χ2n) is 24.6. The Morgan fingerprint density at radius 2 is 0.460 bits per heavy atom. The molecule has 17 nitrogen and oxygen atoms in total. The second kappa shape index (κ2) is 62.8. The number of esters is 4. The molecule has 5 atom stereocenters. The van der Waals surface area contributed by atoms with Gasteiger partial charge in [0.1, 0.15) is 19.3 Å².